The monoisotopic (exact) mass is 478 g/mol. The molecule has 4 nitrogen and oxygen atoms in total. The van der Waals surface area contributed by atoms with Gasteiger partial charge in [0.1, 0.15) is 5.75 Å². The third-order valence-corrected chi connectivity index (χ3v) is 6.21. The van der Waals surface area contributed by atoms with Gasteiger partial charge in [-0.15, -0.1) is 0 Å². The van der Waals surface area contributed by atoms with Crippen molar-refractivity contribution in [3.63, 3.8) is 0 Å². The van der Waals surface area contributed by atoms with Gasteiger partial charge in [0.2, 0.25) is 0 Å². The molecule has 0 N–H and O–H groups in total. The smallest absolute Gasteiger partial charge is 0.311 e. The van der Waals surface area contributed by atoms with Crippen molar-refractivity contribution in [1.82, 2.24) is 9.88 Å². The summed E-state index contributed by atoms with van der Waals surface area (Å²) in [6.07, 6.45) is 27.2. The number of ether oxygens (including phenoxy) is 1. The second-order valence-electron chi connectivity index (χ2n) is 9.66. The maximum Gasteiger partial charge on any atom is 0.311 e. The molecule has 4 heteroatoms. The van der Waals surface area contributed by atoms with Crippen LogP contribution in [0.3, 0.4) is 0 Å². The number of esters is 1. The van der Waals surface area contributed by atoms with Crippen LogP contribution in [0.25, 0.3) is 10.8 Å². The molecule has 0 spiro atoms. The first kappa shape index (κ1) is 28.8. The maximum absolute atomic E-state index is 12.5. The van der Waals surface area contributed by atoms with Gasteiger partial charge in [-0.2, -0.15) is 0 Å². The number of carbonyl (C=O) groups is 1. The Kier molecular flexibility index (Phi) is 14.7. The van der Waals surface area contributed by atoms with Crippen LogP contribution in [-0.2, 0) is 11.2 Å². The van der Waals surface area contributed by atoms with Gasteiger partial charge < -0.3 is 9.64 Å². The summed E-state index contributed by atoms with van der Waals surface area (Å²) in [6, 6.07) is 5.86. The van der Waals surface area contributed by atoms with E-state index in [0.717, 1.165) is 55.0 Å². The fraction of sp³-hybridized carbons (Fsp3) is 0.548. The quantitative estimate of drug-likeness (QED) is 0.0940. The van der Waals surface area contributed by atoms with E-state index in [1.165, 1.54) is 44.9 Å². The summed E-state index contributed by atoms with van der Waals surface area (Å²) in [5, 5.41) is 2.03. The first-order valence-corrected chi connectivity index (χ1v) is 13.6. The highest BCUT2D eigenvalue weighted by Gasteiger charge is 2.12. The lowest BCUT2D eigenvalue weighted by atomic mass is 10.0. The van der Waals surface area contributed by atoms with Gasteiger partial charge in [-0.25, -0.2) is 0 Å². The van der Waals surface area contributed by atoms with Crippen molar-refractivity contribution >= 4 is 16.7 Å². The number of aromatic nitrogens is 1. The topological polar surface area (TPSA) is 42.4 Å². The van der Waals surface area contributed by atoms with Crippen LogP contribution in [-0.4, -0.2) is 36.5 Å². The summed E-state index contributed by atoms with van der Waals surface area (Å²) in [6.45, 7) is 3.17. The number of nitrogens with zero attached hydrogens (tertiary/aromatic N) is 2. The fourth-order valence-electron chi connectivity index (χ4n) is 4.14. The van der Waals surface area contributed by atoms with Crippen molar-refractivity contribution in [2.45, 2.75) is 90.4 Å². The predicted octanol–water partition coefficient (Wildman–Crippen LogP) is 8.06. The van der Waals surface area contributed by atoms with Crippen LogP contribution in [0.4, 0.5) is 0 Å². The number of likely N-dealkylation sites (N-methyl/N-ethyl adjacent to an activating group) is 1. The Morgan fingerprint density at radius 1 is 0.914 bits per heavy atom. The van der Waals surface area contributed by atoms with Crippen LogP contribution in [0.15, 0.2) is 54.9 Å². The van der Waals surface area contributed by atoms with E-state index in [-0.39, 0.29) is 5.97 Å². The second kappa shape index (κ2) is 17.9. The Balaban J connectivity index is 1.63. The Labute approximate surface area is 213 Å². The van der Waals surface area contributed by atoms with Crippen LogP contribution in [0.5, 0.6) is 5.75 Å². The maximum atomic E-state index is 12.5. The number of allylic oxidation sites excluding steroid dienone is 4. The van der Waals surface area contributed by atoms with Crippen molar-refractivity contribution < 1.29 is 9.53 Å². The molecule has 2 aromatic rings. The zero-order chi connectivity index (χ0) is 25.1. The molecule has 0 aliphatic rings. The molecule has 2 rings (SSSR count). The first-order chi connectivity index (χ1) is 17.1. The number of pyridine rings is 1. The summed E-state index contributed by atoms with van der Waals surface area (Å²) < 4.78 is 5.80. The molecule has 1 aromatic carbocycles. The Morgan fingerprint density at radius 2 is 1.63 bits per heavy atom. The SMILES string of the molecule is CCCCC/C=C\C/C=C\CCCCCCCC(=O)Oc1cccc2cncc(CCN(C)C)c12. The molecule has 0 radical (unpaired) electrons. The summed E-state index contributed by atoms with van der Waals surface area (Å²) in [5.74, 6) is 0.518. The molecule has 35 heavy (non-hydrogen) atoms. The molecular weight excluding hydrogens is 432 g/mol. The van der Waals surface area contributed by atoms with Crippen molar-refractivity contribution in [3.8, 4) is 5.75 Å². The van der Waals surface area contributed by atoms with Crippen LogP contribution in [0.1, 0.15) is 89.5 Å². The van der Waals surface area contributed by atoms with Gasteiger partial charge in [0.05, 0.1) is 0 Å². The zero-order valence-electron chi connectivity index (χ0n) is 22.3. The average molecular weight is 479 g/mol. The average Bonchev–Trinajstić information content (AvgIpc) is 2.85. The highest BCUT2D eigenvalue weighted by Crippen LogP contribution is 2.29. The molecule has 0 saturated heterocycles. The van der Waals surface area contributed by atoms with Crippen LogP contribution in [0, 0.1) is 0 Å². The second-order valence-corrected chi connectivity index (χ2v) is 9.66. The predicted molar refractivity (Wildman–Crippen MR) is 149 cm³/mol. The summed E-state index contributed by atoms with van der Waals surface area (Å²) in [5.41, 5.74) is 1.12. The van der Waals surface area contributed by atoms with Crippen LogP contribution >= 0.6 is 0 Å². The molecule has 0 unspecified atom stereocenters. The lowest BCUT2D eigenvalue weighted by Gasteiger charge is -2.13. The van der Waals surface area contributed by atoms with Gasteiger partial charge in [-0.05, 0) is 70.7 Å². The summed E-state index contributed by atoms with van der Waals surface area (Å²) >= 11 is 0. The fourth-order valence-corrected chi connectivity index (χ4v) is 4.14. The zero-order valence-corrected chi connectivity index (χ0v) is 22.3. The number of unbranched alkanes of at least 4 members (excludes halogenated alkanes) is 8. The van der Waals surface area contributed by atoms with Gasteiger partial charge in [-0.1, -0.05) is 75.5 Å². The lowest BCUT2D eigenvalue weighted by molar-refractivity contribution is -0.134. The van der Waals surface area contributed by atoms with E-state index in [2.05, 4.69) is 55.2 Å². The highest BCUT2D eigenvalue weighted by molar-refractivity contribution is 5.92. The van der Waals surface area contributed by atoms with E-state index in [9.17, 15) is 4.79 Å². The Bertz CT molecular complexity index is 912. The van der Waals surface area contributed by atoms with Crippen molar-refractivity contribution in [1.29, 1.82) is 0 Å². The minimum Gasteiger partial charge on any atom is -0.426 e. The summed E-state index contributed by atoms with van der Waals surface area (Å²) in [7, 11) is 4.12. The third-order valence-electron chi connectivity index (χ3n) is 6.21. The molecular formula is C31H46N2O2. The van der Waals surface area contributed by atoms with Gasteiger partial charge in [0, 0.05) is 36.1 Å². The largest absolute Gasteiger partial charge is 0.426 e. The van der Waals surface area contributed by atoms with E-state index in [1.54, 1.807) is 0 Å². The molecule has 0 bridgehead atoms. The van der Waals surface area contributed by atoms with Crippen LogP contribution in [0.2, 0.25) is 0 Å². The third kappa shape index (κ3) is 12.2. The van der Waals surface area contributed by atoms with Gasteiger partial charge in [0.15, 0.2) is 0 Å². The molecule has 0 saturated carbocycles. The first-order valence-electron chi connectivity index (χ1n) is 13.6. The van der Waals surface area contributed by atoms with Gasteiger partial charge in [0.25, 0.3) is 0 Å². The number of hydrogen-bond acceptors (Lipinski definition) is 4. The Hall–Kier alpha value is -2.46. The van der Waals surface area contributed by atoms with Crippen LogP contribution < -0.4 is 4.74 Å². The van der Waals surface area contributed by atoms with Crippen molar-refractivity contribution in [3.05, 3.63) is 60.5 Å². The Morgan fingerprint density at radius 3 is 2.37 bits per heavy atom. The number of benzene rings is 1. The minimum absolute atomic E-state index is 0.140. The van der Waals surface area contributed by atoms with E-state index in [0.29, 0.717) is 12.2 Å². The molecule has 0 amide bonds. The van der Waals surface area contributed by atoms with Crippen molar-refractivity contribution in [2.75, 3.05) is 20.6 Å². The normalized spacial score (nSPS) is 11.9. The highest BCUT2D eigenvalue weighted by atomic mass is 16.5. The number of carbonyl (C=O) groups excluding carboxylic acids is 1. The number of fused-ring (bicyclic) bond motifs is 1. The van der Waals surface area contributed by atoms with E-state index >= 15 is 0 Å². The molecule has 0 aliphatic heterocycles. The van der Waals surface area contributed by atoms with E-state index in [4.69, 9.17) is 4.74 Å². The van der Waals surface area contributed by atoms with E-state index in [1.807, 2.05) is 30.6 Å². The minimum atomic E-state index is -0.140. The number of hydrogen-bond donors (Lipinski definition) is 0. The molecule has 0 atom stereocenters. The molecule has 0 fully saturated rings. The lowest BCUT2D eigenvalue weighted by Crippen LogP contribution is -2.15. The standard InChI is InChI=1S/C31H46N2O2/c1-4-5-6-7-8-9-10-11-12-13-14-15-16-17-18-22-30(34)35-29-21-19-20-27-25-32-26-28(31(27)29)23-24-33(2)3/h8-9,11-12,19-21,25-26H,4-7,10,13-18,22-24H2,1-3H3/b9-8-,12-11-. The molecule has 1 heterocycles. The molecule has 0 aliphatic carbocycles. The van der Waals surface area contributed by atoms with Gasteiger partial charge in [-0.3, -0.25) is 9.78 Å². The van der Waals surface area contributed by atoms with E-state index < -0.39 is 0 Å². The summed E-state index contributed by atoms with van der Waals surface area (Å²) in [4.78, 5) is 19.0. The molecule has 1 aromatic heterocycles. The van der Waals surface area contributed by atoms with Crippen molar-refractivity contribution in [2.24, 2.45) is 0 Å². The molecule has 192 valence electrons. The number of rotatable bonds is 18. The van der Waals surface area contributed by atoms with Gasteiger partial charge >= 0.3 is 5.97 Å².